The van der Waals surface area contributed by atoms with E-state index in [4.69, 9.17) is 23.2 Å². The molecular formula is C18H19Cl2NO2. The van der Waals surface area contributed by atoms with E-state index in [1.165, 1.54) is 0 Å². The molecule has 1 amide bonds. The van der Waals surface area contributed by atoms with Crippen LogP contribution in [-0.2, 0) is 4.79 Å². The van der Waals surface area contributed by atoms with Crippen molar-refractivity contribution in [3.05, 3.63) is 69.7 Å². The lowest BCUT2D eigenvalue weighted by molar-refractivity contribution is -0.123. The summed E-state index contributed by atoms with van der Waals surface area (Å²) in [5.41, 5.74) is 1.51. The van der Waals surface area contributed by atoms with Gasteiger partial charge in [0.05, 0.1) is 12.0 Å². The SMILES string of the molecule is CCC(C(=O)NCC(O)c1ccc(Cl)cc1Cl)c1ccccc1. The van der Waals surface area contributed by atoms with Crippen LogP contribution < -0.4 is 5.32 Å². The van der Waals surface area contributed by atoms with Crippen molar-refractivity contribution >= 4 is 29.1 Å². The van der Waals surface area contributed by atoms with E-state index in [0.717, 1.165) is 5.56 Å². The van der Waals surface area contributed by atoms with Gasteiger partial charge in [0.25, 0.3) is 0 Å². The van der Waals surface area contributed by atoms with E-state index in [0.29, 0.717) is 22.0 Å². The van der Waals surface area contributed by atoms with Gasteiger partial charge in [-0.2, -0.15) is 0 Å². The van der Waals surface area contributed by atoms with Crippen LogP contribution in [0.5, 0.6) is 0 Å². The molecule has 0 saturated heterocycles. The Labute approximate surface area is 146 Å². The predicted molar refractivity (Wildman–Crippen MR) is 93.9 cm³/mol. The Morgan fingerprint density at radius 3 is 2.48 bits per heavy atom. The highest BCUT2D eigenvalue weighted by atomic mass is 35.5. The molecule has 2 N–H and O–H groups in total. The first kappa shape index (κ1) is 17.8. The molecule has 5 heteroatoms. The van der Waals surface area contributed by atoms with Gasteiger partial charge in [0, 0.05) is 22.2 Å². The number of aliphatic hydroxyl groups is 1. The van der Waals surface area contributed by atoms with Gasteiger partial charge in [0.2, 0.25) is 5.91 Å². The molecule has 0 aliphatic rings. The lowest BCUT2D eigenvalue weighted by Crippen LogP contribution is -2.32. The van der Waals surface area contributed by atoms with Gasteiger partial charge in [-0.15, -0.1) is 0 Å². The Balaban J connectivity index is 2.00. The zero-order chi connectivity index (χ0) is 16.8. The van der Waals surface area contributed by atoms with Gasteiger partial charge in [0.15, 0.2) is 0 Å². The van der Waals surface area contributed by atoms with Crippen LogP contribution in [0, 0.1) is 0 Å². The molecule has 122 valence electrons. The minimum atomic E-state index is -0.878. The van der Waals surface area contributed by atoms with Crippen LogP contribution >= 0.6 is 23.2 Å². The van der Waals surface area contributed by atoms with Crippen molar-refractivity contribution in [3.63, 3.8) is 0 Å². The second-order valence-corrected chi connectivity index (χ2v) is 6.14. The Morgan fingerprint density at radius 1 is 1.17 bits per heavy atom. The third-order valence-corrected chi connectivity index (χ3v) is 4.28. The highest BCUT2D eigenvalue weighted by Gasteiger charge is 2.20. The van der Waals surface area contributed by atoms with Crippen molar-refractivity contribution in [2.75, 3.05) is 6.54 Å². The molecule has 0 aliphatic carbocycles. The molecule has 2 aromatic carbocycles. The molecule has 0 fully saturated rings. The zero-order valence-electron chi connectivity index (χ0n) is 12.8. The second-order valence-electron chi connectivity index (χ2n) is 5.30. The van der Waals surface area contributed by atoms with E-state index in [2.05, 4.69) is 5.32 Å². The normalized spacial score (nSPS) is 13.4. The number of halogens is 2. The Morgan fingerprint density at radius 2 is 1.87 bits per heavy atom. The number of nitrogens with one attached hydrogen (secondary N) is 1. The maximum Gasteiger partial charge on any atom is 0.227 e. The molecule has 2 rings (SSSR count). The lowest BCUT2D eigenvalue weighted by Gasteiger charge is -2.18. The third kappa shape index (κ3) is 4.71. The maximum atomic E-state index is 12.4. The van der Waals surface area contributed by atoms with Crippen LogP contribution in [0.2, 0.25) is 10.0 Å². The van der Waals surface area contributed by atoms with Crippen LogP contribution in [0.3, 0.4) is 0 Å². The molecular weight excluding hydrogens is 333 g/mol. The summed E-state index contributed by atoms with van der Waals surface area (Å²) in [6.07, 6.45) is -0.190. The first-order chi connectivity index (χ1) is 11.0. The van der Waals surface area contributed by atoms with Gasteiger partial charge in [-0.05, 0) is 24.1 Å². The van der Waals surface area contributed by atoms with Crippen molar-refractivity contribution < 1.29 is 9.90 Å². The fourth-order valence-corrected chi connectivity index (χ4v) is 2.99. The Kier molecular flexibility index (Phi) is 6.46. The number of rotatable bonds is 6. The summed E-state index contributed by atoms with van der Waals surface area (Å²) in [7, 11) is 0. The molecule has 2 atom stereocenters. The third-order valence-electron chi connectivity index (χ3n) is 3.72. The first-order valence-corrected chi connectivity index (χ1v) is 8.24. The van der Waals surface area contributed by atoms with Crippen LogP contribution in [0.1, 0.15) is 36.5 Å². The molecule has 0 radical (unpaired) electrons. The maximum absolute atomic E-state index is 12.4. The molecule has 3 nitrogen and oxygen atoms in total. The van der Waals surface area contributed by atoms with Gasteiger partial charge in [-0.1, -0.05) is 66.5 Å². The number of aliphatic hydroxyl groups excluding tert-OH is 1. The summed E-state index contributed by atoms with van der Waals surface area (Å²) < 4.78 is 0. The van der Waals surface area contributed by atoms with Crippen LogP contribution in [0.15, 0.2) is 48.5 Å². The van der Waals surface area contributed by atoms with Gasteiger partial charge < -0.3 is 10.4 Å². The van der Waals surface area contributed by atoms with E-state index in [1.54, 1.807) is 18.2 Å². The smallest absolute Gasteiger partial charge is 0.227 e. The van der Waals surface area contributed by atoms with Crippen molar-refractivity contribution in [1.29, 1.82) is 0 Å². The minimum absolute atomic E-state index is 0.101. The zero-order valence-corrected chi connectivity index (χ0v) is 14.3. The van der Waals surface area contributed by atoms with Crippen molar-refractivity contribution in [3.8, 4) is 0 Å². The molecule has 0 saturated carbocycles. The largest absolute Gasteiger partial charge is 0.387 e. The number of carbonyl (C=O) groups is 1. The first-order valence-electron chi connectivity index (χ1n) is 7.48. The fourth-order valence-electron chi connectivity index (χ4n) is 2.46. The van der Waals surface area contributed by atoms with Crippen molar-refractivity contribution in [2.24, 2.45) is 0 Å². The predicted octanol–water partition coefficient (Wildman–Crippen LogP) is 4.34. The summed E-state index contributed by atoms with van der Waals surface area (Å²) >= 11 is 11.9. The molecule has 0 aliphatic heterocycles. The van der Waals surface area contributed by atoms with Gasteiger partial charge in [0.1, 0.15) is 0 Å². The van der Waals surface area contributed by atoms with Gasteiger partial charge in [-0.3, -0.25) is 4.79 Å². The average Bonchev–Trinajstić information content (AvgIpc) is 2.54. The molecule has 0 aromatic heterocycles. The fraction of sp³-hybridized carbons (Fsp3) is 0.278. The Hall–Kier alpha value is -1.55. The molecule has 0 spiro atoms. The van der Waals surface area contributed by atoms with E-state index in [1.807, 2.05) is 37.3 Å². The minimum Gasteiger partial charge on any atom is -0.387 e. The summed E-state index contributed by atoms with van der Waals surface area (Å²) in [4.78, 5) is 12.4. The van der Waals surface area contributed by atoms with Crippen molar-refractivity contribution in [2.45, 2.75) is 25.4 Å². The number of carbonyl (C=O) groups excluding carboxylic acids is 1. The van der Waals surface area contributed by atoms with E-state index < -0.39 is 6.10 Å². The molecule has 2 unspecified atom stereocenters. The number of benzene rings is 2. The highest BCUT2D eigenvalue weighted by molar-refractivity contribution is 6.35. The summed E-state index contributed by atoms with van der Waals surface area (Å²) in [6.45, 7) is 2.06. The quantitative estimate of drug-likeness (QED) is 0.813. The molecule has 0 heterocycles. The molecule has 0 bridgehead atoms. The second kappa shape index (κ2) is 8.34. The van der Waals surface area contributed by atoms with Gasteiger partial charge >= 0.3 is 0 Å². The summed E-state index contributed by atoms with van der Waals surface area (Å²) in [5.74, 6) is -0.341. The van der Waals surface area contributed by atoms with E-state index in [-0.39, 0.29) is 18.4 Å². The summed E-state index contributed by atoms with van der Waals surface area (Å²) in [6, 6.07) is 14.5. The lowest BCUT2D eigenvalue weighted by atomic mass is 9.95. The van der Waals surface area contributed by atoms with Crippen molar-refractivity contribution in [1.82, 2.24) is 5.32 Å². The molecule has 2 aromatic rings. The highest BCUT2D eigenvalue weighted by Crippen LogP contribution is 2.26. The number of amides is 1. The summed E-state index contributed by atoms with van der Waals surface area (Å²) in [5, 5.41) is 13.9. The molecule has 23 heavy (non-hydrogen) atoms. The standard InChI is InChI=1S/C18H19Cl2NO2/c1-2-14(12-6-4-3-5-7-12)18(23)21-11-17(22)15-9-8-13(19)10-16(15)20/h3-10,14,17,22H,2,11H2,1H3,(H,21,23). The average molecular weight is 352 g/mol. The monoisotopic (exact) mass is 351 g/mol. The Bertz CT molecular complexity index is 661. The topological polar surface area (TPSA) is 49.3 Å². The van der Waals surface area contributed by atoms with Gasteiger partial charge in [-0.25, -0.2) is 0 Å². The van der Waals surface area contributed by atoms with Crippen LogP contribution in [-0.4, -0.2) is 17.6 Å². The van der Waals surface area contributed by atoms with E-state index >= 15 is 0 Å². The number of hydrogen-bond acceptors (Lipinski definition) is 2. The van der Waals surface area contributed by atoms with Crippen LogP contribution in [0.4, 0.5) is 0 Å². The van der Waals surface area contributed by atoms with Crippen LogP contribution in [0.25, 0.3) is 0 Å². The number of hydrogen-bond donors (Lipinski definition) is 2. The van der Waals surface area contributed by atoms with E-state index in [9.17, 15) is 9.90 Å².